The molecule has 0 saturated heterocycles. The molecule has 5 nitrogen and oxygen atoms in total. The Kier molecular flexibility index (Phi) is 7.29. The molecule has 1 atom stereocenters. The number of carbonyl (C=O) groups is 2. The van der Waals surface area contributed by atoms with Crippen LogP contribution in [0.25, 0.3) is 0 Å². The van der Waals surface area contributed by atoms with Gasteiger partial charge in [-0.2, -0.15) is 0 Å². The number of hydrogen-bond acceptors (Lipinski definition) is 3. The molecule has 1 unspecified atom stereocenters. The van der Waals surface area contributed by atoms with E-state index in [9.17, 15) is 9.59 Å². The molecule has 5 heteroatoms. The molecule has 0 aliphatic carbocycles. The molecular formula is C16H23NO4. The van der Waals surface area contributed by atoms with E-state index in [1.165, 1.54) is 0 Å². The lowest BCUT2D eigenvalue weighted by Crippen LogP contribution is -2.30. The van der Waals surface area contributed by atoms with Gasteiger partial charge in [0.15, 0.2) is 6.61 Å². The summed E-state index contributed by atoms with van der Waals surface area (Å²) in [5.74, 6) is -0.695. The third-order valence-corrected chi connectivity index (χ3v) is 3.23. The average Bonchev–Trinajstić information content (AvgIpc) is 2.49. The van der Waals surface area contributed by atoms with Crippen LogP contribution in [0.3, 0.4) is 0 Å². The molecule has 0 spiro atoms. The van der Waals surface area contributed by atoms with Crippen molar-refractivity contribution in [1.82, 2.24) is 5.32 Å². The molecule has 21 heavy (non-hydrogen) atoms. The van der Waals surface area contributed by atoms with Crippen LogP contribution in [0, 0.1) is 5.92 Å². The number of ether oxygens (including phenoxy) is 1. The van der Waals surface area contributed by atoms with E-state index in [4.69, 9.17) is 9.84 Å². The monoisotopic (exact) mass is 293 g/mol. The lowest BCUT2D eigenvalue weighted by molar-refractivity contribution is -0.141. The summed E-state index contributed by atoms with van der Waals surface area (Å²) >= 11 is 0. The average molecular weight is 293 g/mol. The lowest BCUT2D eigenvalue weighted by Gasteiger charge is -2.09. The molecule has 0 heterocycles. The quantitative estimate of drug-likeness (QED) is 0.685. The summed E-state index contributed by atoms with van der Waals surface area (Å²) < 4.78 is 5.42. The third-order valence-electron chi connectivity index (χ3n) is 3.23. The van der Waals surface area contributed by atoms with Gasteiger partial charge in [0.2, 0.25) is 0 Å². The van der Waals surface area contributed by atoms with Crippen molar-refractivity contribution in [3.8, 4) is 5.75 Å². The maximum Gasteiger partial charge on any atom is 0.306 e. The van der Waals surface area contributed by atoms with Crippen molar-refractivity contribution < 1.29 is 19.4 Å². The van der Waals surface area contributed by atoms with Crippen LogP contribution >= 0.6 is 0 Å². The molecule has 1 amide bonds. The zero-order valence-corrected chi connectivity index (χ0v) is 12.6. The minimum Gasteiger partial charge on any atom is -0.484 e. The molecule has 1 aromatic carbocycles. The second-order valence-electron chi connectivity index (χ2n) is 5.02. The van der Waals surface area contributed by atoms with Gasteiger partial charge in [-0.1, -0.05) is 26.0 Å². The van der Waals surface area contributed by atoms with Crippen molar-refractivity contribution in [3.05, 3.63) is 29.8 Å². The molecule has 2 N–H and O–H groups in total. The minimum atomic E-state index is -0.805. The van der Waals surface area contributed by atoms with Gasteiger partial charge < -0.3 is 15.2 Å². The highest BCUT2D eigenvalue weighted by Gasteiger charge is 2.10. The van der Waals surface area contributed by atoms with E-state index in [0.29, 0.717) is 25.1 Å². The zero-order chi connectivity index (χ0) is 15.7. The van der Waals surface area contributed by atoms with Crippen molar-refractivity contribution in [3.63, 3.8) is 0 Å². The van der Waals surface area contributed by atoms with Gasteiger partial charge in [0.1, 0.15) is 5.75 Å². The van der Waals surface area contributed by atoms with Crippen molar-refractivity contribution >= 4 is 11.9 Å². The first kappa shape index (κ1) is 17.0. The highest BCUT2D eigenvalue weighted by atomic mass is 16.5. The van der Waals surface area contributed by atoms with Crippen molar-refractivity contribution in [2.45, 2.75) is 33.1 Å². The summed E-state index contributed by atoms with van der Waals surface area (Å²) in [5, 5.41) is 11.5. The maximum atomic E-state index is 11.6. The van der Waals surface area contributed by atoms with Gasteiger partial charge in [-0.3, -0.25) is 9.59 Å². The second-order valence-corrected chi connectivity index (χ2v) is 5.02. The molecule has 1 rings (SSSR count). The smallest absolute Gasteiger partial charge is 0.306 e. The highest BCUT2D eigenvalue weighted by Crippen LogP contribution is 2.13. The minimum absolute atomic E-state index is 0.0261. The van der Waals surface area contributed by atoms with Crippen LogP contribution in [0.5, 0.6) is 5.75 Å². The van der Waals surface area contributed by atoms with E-state index in [2.05, 4.69) is 12.2 Å². The van der Waals surface area contributed by atoms with Crippen LogP contribution in [-0.4, -0.2) is 30.1 Å². The fourth-order valence-corrected chi connectivity index (χ4v) is 1.81. The largest absolute Gasteiger partial charge is 0.484 e. The van der Waals surface area contributed by atoms with Gasteiger partial charge in [-0.15, -0.1) is 0 Å². The SMILES string of the molecule is CCc1cccc(OCC(=O)NCCCC(C)C(=O)O)c1. The number of nitrogens with one attached hydrogen (secondary N) is 1. The highest BCUT2D eigenvalue weighted by molar-refractivity contribution is 5.77. The summed E-state index contributed by atoms with van der Waals surface area (Å²) in [4.78, 5) is 22.2. The first-order valence-electron chi connectivity index (χ1n) is 7.24. The van der Waals surface area contributed by atoms with Gasteiger partial charge in [0.05, 0.1) is 5.92 Å². The van der Waals surface area contributed by atoms with Crippen molar-refractivity contribution in [1.29, 1.82) is 0 Å². The van der Waals surface area contributed by atoms with E-state index < -0.39 is 5.97 Å². The Balaban J connectivity index is 2.20. The number of aryl methyl sites for hydroxylation is 1. The maximum absolute atomic E-state index is 11.6. The van der Waals surface area contributed by atoms with Gasteiger partial charge >= 0.3 is 5.97 Å². The molecule has 0 fully saturated rings. The van der Waals surface area contributed by atoms with E-state index in [1.807, 2.05) is 24.3 Å². The normalized spacial score (nSPS) is 11.7. The Hall–Kier alpha value is -2.04. The predicted molar refractivity (Wildman–Crippen MR) is 80.4 cm³/mol. The van der Waals surface area contributed by atoms with Crippen LogP contribution < -0.4 is 10.1 Å². The summed E-state index contributed by atoms with van der Waals surface area (Å²) in [6.07, 6.45) is 2.12. The Morgan fingerprint density at radius 1 is 1.38 bits per heavy atom. The van der Waals surface area contributed by atoms with E-state index in [0.717, 1.165) is 12.0 Å². The number of carboxylic acid groups (broad SMARTS) is 1. The van der Waals surface area contributed by atoms with Gasteiger partial charge in [-0.25, -0.2) is 0 Å². The first-order chi connectivity index (χ1) is 10.0. The number of aliphatic carboxylic acids is 1. The van der Waals surface area contributed by atoms with E-state index in [1.54, 1.807) is 6.92 Å². The molecule has 0 aliphatic heterocycles. The number of hydrogen-bond donors (Lipinski definition) is 2. The molecule has 0 aromatic heterocycles. The fourth-order valence-electron chi connectivity index (χ4n) is 1.81. The molecule has 0 bridgehead atoms. The molecular weight excluding hydrogens is 270 g/mol. The number of amides is 1. The first-order valence-corrected chi connectivity index (χ1v) is 7.24. The summed E-state index contributed by atoms with van der Waals surface area (Å²) in [7, 11) is 0. The molecule has 0 radical (unpaired) electrons. The van der Waals surface area contributed by atoms with E-state index in [-0.39, 0.29) is 18.4 Å². The molecule has 116 valence electrons. The number of carbonyl (C=O) groups excluding carboxylic acids is 1. The number of rotatable bonds is 9. The van der Waals surface area contributed by atoms with Crippen LogP contribution in [0.4, 0.5) is 0 Å². The van der Waals surface area contributed by atoms with Gasteiger partial charge in [0.25, 0.3) is 5.91 Å². The lowest BCUT2D eigenvalue weighted by atomic mass is 10.1. The van der Waals surface area contributed by atoms with Crippen LogP contribution in [0.1, 0.15) is 32.3 Å². The summed E-state index contributed by atoms with van der Waals surface area (Å²) in [5.41, 5.74) is 1.16. The fraction of sp³-hybridized carbons (Fsp3) is 0.500. The zero-order valence-electron chi connectivity index (χ0n) is 12.6. The summed E-state index contributed by atoms with van der Waals surface area (Å²) in [6, 6.07) is 7.65. The van der Waals surface area contributed by atoms with Crippen LogP contribution in [0.2, 0.25) is 0 Å². The second kappa shape index (κ2) is 9.00. The topological polar surface area (TPSA) is 75.6 Å². The Bertz CT molecular complexity index is 473. The van der Waals surface area contributed by atoms with Crippen LogP contribution in [-0.2, 0) is 16.0 Å². The van der Waals surface area contributed by atoms with Gasteiger partial charge in [0, 0.05) is 6.54 Å². The third kappa shape index (κ3) is 6.79. The van der Waals surface area contributed by atoms with E-state index >= 15 is 0 Å². The Labute approximate surface area is 125 Å². The van der Waals surface area contributed by atoms with Crippen molar-refractivity contribution in [2.24, 2.45) is 5.92 Å². The van der Waals surface area contributed by atoms with Crippen LogP contribution in [0.15, 0.2) is 24.3 Å². The van der Waals surface area contributed by atoms with Gasteiger partial charge in [-0.05, 0) is 37.0 Å². The molecule has 0 aliphatic rings. The Morgan fingerprint density at radius 2 is 2.14 bits per heavy atom. The number of benzene rings is 1. The standard InChI is InChI=1S/C16H23NO4/c1-3-13-7-4-8-14(10-13)21-11-15(18)17-9-5-6-12(2)16(19)20/h4,7-8,10,12H,3,5-6,9,11H2,1-2H3,(H,17,18)(H,19,20). The Morgan fingerprint density at radius 3 is 2.81 bits per heavy atom. The molecule has 0 saturated carbocycles. The number of carboxylic acids is 1. The summed E-state index contributed by atoms with van der Waals surface area (Å²) in [6.45, 7) is 4.16. The predicted octanol–water partition coefficient (Wildman–Crippen LogP) is 2.24. The molecule has 1 aromatic rings. The van der Waals surface area contributed by atoms with Crippen molar-refractivity contribution in [2.75, 3.05) is 13.2 Å².